The van der Waals surface area contributed by atoms with Gasteiger partial charge in [0.25, 0.3) is 0 Å². The van der Waals surface area contributed by atoms with Gasteiger partial charge in [-0.15, -0.1) is 0 Å². The van der Waals surface area contributed by atoms with Gasteiger partial charge in [0, 0.05) is 20.1 Å². The zero-order valence-electron chi connectivity index (χ0n) is 11.3. The third-order valence-electron chi connectivity index (χ3n) is 3.24. The molecule has 1 aliphatic heterocycles. The number of urea groups is 1. The fourth-order valence-electron chi connectivity index (χ4n) is 2.09. The molecule has 1 saturated heterocycles. The number of methoxy groups -OCH3 is 1. The van der Waals surface area contributed by atoms with E-state index >= 15 is 0 Å². The number of carboxylic acids is 1. The summed E-state index contributed by atoms with van der Waals surface area (Å²) in [6.07, 6.45) is 2.20. The molecule has 7 nitrogen and oxygen atoms in total. The Balaban J connectivity index is 2.58. The highest BCUT2D eigenvalue weighted by atomic mass is 16.5. The van der Waals surface area contributed by atoms with E-state index in [1.807, 2.05) is 0 Å². The van der Waals surface area contributed by atoms with Crippen LogP contribution in [0.15, 0.2) is 0 Å². The summed E-state index contributed by atoms with van der Waals surface area (Å²) in [7, 11) is 2.84. The maximum atomic E-state index is 12.2. The number of rotatable bonds is 4. The molecule has 0 spiro atoms. The van der Waals surface area contributed by atoms with Gasteiger partial charge in [-0.25, -0.2) is 9.59 Å². The quantitative estimate of drug-likeness (QED) is 0.755. The summed E-state index contributed by atoms with van der Waals surface area (Å²) in [5.74, 6) is -1.37. The smallest absolute Gasteiger partial charge is 0.326 e. The molecule has 0 radical (unpaired) electrons. The second-order valence-corrected chi connectivity index (χ2v) is 4.57. The largest absolute Gasteiger partial charge is 0.480 e. The van der Waals surface area contributed by atoms with Crippen LogP contribution in [0.5, 0.6) is 0 Å². The van der Waals surface area contributed by atoms with Crippen LogP contribution in [0.1, 0.15) is 25.7 Å². The Labute approximate surface area is 112 Å². The van der Waals surface area contributed by atoms with Crippen molar-refractivity contribution < 1.29 is 24.2 Å². The van der Waals surface area contributed by atoms with Crippen molar-refractivity contribution in [2.24, 2.45) is 0 Å². The first kappa shape index (κ1) is 15.3. The van der Waals surface area contributed by atoms with E-state index in [4.69, 9.17) is 5.11 Å². The zero-order chi connectivity index (χ0) is 14.4. The third-order valence-corrected chi connectivity index (χ3v) is 3.24. The van der Waals surface area contributed by atoms with Gasteiger partial charge in [-0.3, -0.25) is 4.79 Å². The lowest BCUT2D eigenvalue weighted by Crippen LogP contribution is -2.52. The minimum absolute atomic E-state index is 0.102. The summed E-state index contributed by atoms with van der Waals surface area (Å²) in [6, 6.07) is -1.11. The highest BCUT2D eigenvalue weighted by Gasteiger charge is 2.33. The molecule has 2 amide bonds. The molecule has 0 aromatic rings. The van der Waals surface area contributed by atoms with E-state index in [1.165, 1.54) is 16.9 Å². The van der Waals surface area contributed by atoms with Gasteiger partial charge in [-0.1, -0.05) is 0 Å². The minimum atomic E-state index is -0.977. The molecule has 1 unspecified atom stereocenters. The Morgan fingerprint density at radius 3 is 2.63 bits per heavy atom. The molecule has 1 aliphatic rings. The first-order chi connectivity index (χ1) is 8.97. The Kier molecular flexibility index (Phi) is 5.59. The molecular weight excluding hydrogens is 252 g/mol. The number of carboxylic acid groups (broad SMARTS) is 1. The molecule has 0 aromatic heterocycles. The van der Waals surface area contributed by atoms with Gasteiger partial charge in [0.2, 0.25) is 0 Å². The van der Waals surface area contributed by atoms with Crippen molar-refractivity contribution in [3.63, 3.8) is 0 Å². The normalized spacial score (nSPS) is 18.8. The van der Waals surface area contributed by atoms with E-state index in [1.54, 1.807) is 7.05 Å². The number of likely N-dealkylation sites (tertiary alicyclic amines) is 1. The van der Waals surface area contributed by atoms with Crippen LogP contribution >= 0.6 is 0 Å². The molecule has 0 aliphatic carbocycles. The summed E-state index contributed by atoms with van der Waals surface area (Å²) in [5, 5.41) is 9.11. The first-order valence-electron chi connectivity index (χ1n) is 6.28. The van der Waals surface area contributed by atoms with Crippen molar-refractivity contribution in [2.75, 3.05) is 27.2 Å². The predicted octanol–water partition coefficient (Wildman–Crippen LogP) is 0.540. The molecule has 1 N–H and O–H groups in total. The molecule has 7 heteroatoms. The fraction of sp³-hybridized carbons (Fsp3) is 0.750. The number of aliphatic carboxylic acids is 1. The van der Waals surface area contributed by atoms with Gasteiger partial charge >= 0.3 is 18.0 Å². The SMILES string of the molecule is COC(=O)CCN(C)C(=O)N1CCCCC1C(=O)O. The summed E-state index contributed by atoms with van der Waals surface area (Å²) in [6.45, 7) is 0.659. The van der Waals surface area contributed by atoms with E-state index in [2.05, 4.69) is 4.74 Å². The number of ether oxygens (including phenoxy) is 1. The first-order valence-corrected chi connectivity index (χ1v) is 6.28. The van der Waals surface area contributed by atoms with E-state index in [9.17, 15) is 14.4 Å². The molecule has 1 fully saturated rings. The van der Waals surface area contributed by atoms with Gasteiger partial charge in [0.15, 0.2) is 0 Å². The van der Waals surface area contributed by atoms with Gasteiger partial charge in [0.05, 0.1) is 13.5 Å². The Morgan fingerprint density at radius 2 is 2.05 bits per heavy atom. The Hall–Kier alpha value is -1.79. The van der Waals surface area contributed by atoms with Crippen LogP contribution in [0.2, 0.25) is 0 Å². The number of hydrogen-bond donors (Lipinski definition) is 1. The number of carbonyl (C=O) groups is 3. The summed E-state index contributed by atoms with van der Waals surface area (Å²) < 4.78 is 4.50. The number of hydrogen-bond acceptors (Lipinski definition) is 4. The van der Waals surface area contributed by atoms with Crippen LogP contribution in [0.25, 0.3) is 0 Å². The predicted molar refractivity (Wildman–Crippen MR) is 66.6 cm³/mol. The molecule has 1 atom stereocenters. The molecule has 1 heterocycles. The lowest BCUT2D eigenvalue weighted by Gasteiger charge is -2.35. The summed E-state index contributed by atoms with van der Waals surface area (Å²) >= 11 is 0. The number of nitrogens with zero attached hydrogens (tertiary/aromatic N) is 2. The maximum absolute atomic E-state index is 12.2. The Morgan fingerprint density at radius 1 is 1.37 bits per heavy atom. The molecule has 108 valence electrons. The van der Waals surface area contributed by atoms with E-state index in [-0.39, 0.29) is 19.0 Å². The minimum Gasteiger partial charge on any atom is -0.480 e. The van der Waals surface area contributed by atoms with E-state index in [0.717, 1.165) is 12.8 Å². The molecular formula is C12H20N2O5. The lowest BCUT2D eigenvalue weighted by molar-refractivity contribution is -0.144. The summed E-state index contributed by atoms with van der Waals surface area (Å²) in [5.41, 5.74) is 0. The van der Waals surface area contributed by atoms with E-state index in [0.29, 0.717) is 13.0 Å². The van der Waals surface area contributed by atoms with E-state index < -0.39 is 18.0 Å². The van der Waals surface area contributed by atoms with Crippen LogP contribution in [0.4, 0.5) is 4.79 Å². The van der Waals surface area contributed by atoms with Crippen molar-refractivity contribution in [2.45, 2.75) is 31.7 Å². The van der Waals surface area contributed by atoms with Crippen molar-refractivity contribution in [3.8, 4) is 0 Å². The van der Waals surface area contributed by atoms with Crippen LogP contribution < -0.4 is 0 Å². The standard InChI is InChI=1S/C12H20N2O5/c1-13(8-6-10(15)19-2)12(18)14-7-4-3-5-9(14)11(16)17/h9H,3-8H2,1-2H3,(H,16,17). The maximum Gasteiger partial charge on any atom is 0.326 e. The van der Waals surface area contributed by atoms with Crippen molar-refractivity contribution in [1.82, 2.24) is 9.80 Å². The highest BCUT2D eigenvalue weighted by molar-refractivity contribution is 5.83. The average molecular weight is 272 g/mol. The summed E-state index contributed by atoms with van der Waals surface area (Å²) in [4.78, 5) is 37.0. The highest BCUT2D eigenvalue weighted by Crippen LogP contribution is 2.18. The number of amides is 2. The zero-order valence-corrected chi connectivity index (χ0v) is 11.3. The van der Waals surface area contributed by atoms with Crippen molar-refractivity contribution in [3.05, 3.63) is 0 Å². The molecule has 0 aromatic carbocycles. The van der Waals surface area contributed by atoms with Crippen LogP contribution in [-0.4, -0.2) is 66.2 Å². The third kappa shape index (κ3) is 4.11. The van der Waals surface area contributed by atoms with Crippen LogP contribution in [0.3, 0.4) is 0 Å². The van der Waals surface area contributed by atoms with Gasteiger partial charge < -0.3 is 19.6 Å². The molecule has 0 saturated carbocycles. The van der Waals surface area contributed by atoms with Gasteiger partial charge in [-0.05, 0) is 19.3 Å². The van der Waals surface area contributed by atoms with Crippen molar-refractivity contribution in [1.29, 1.82) is 0 Å². The lowest BCUT2D eigenvalue weighted by atomic mass is 10.0. The van der Waals surface area contributed by atoms with Gasteiger partial charge in [-0.2, -0.15) is 0 Å². The fourth-order valence-corrected chi connectivity index (χ4v) is 2.09. The monoisotopic (exact) mass is 272 g/mol. The number of carbonyl (C=O) groups excluding carboxylic acids is 2. The average Bonchev–Trinajstić information content (AvgIpc) is 2.43. The van der Waals surface area contributed by atoms with Gasteiger partial charge in [0.1, 0.15) is 6.04 Å². The topological polar surface area (TPSA) is 87.2 Å². The van der Waals surface area contributed by atoms with Crippen LogP contribution in [0, 0.1) is 0 Å². The Bertz CT molecular complexity index is 358. The second-order valence-electron chi connectivity index (χ2n) is 4.57. The second kappa shape index (κ2) is 6.96. The van der Waals surface area contributed by atoms with Crippen LogP contribution in [-0.2, 0) is 14.3 Å². The molecule has 19 heavy (non-hydrogen) atoms. The number of esters is 1. The van der Waals surface area contributed by atoms with Crippen molar-refractivity contribution >= 4 is 18.0 Å². The molecule has 0 bridgehead atoms. The number of piperidine rings is 1. The molecule has 1 rings (SSSR count).